The summed E-state index contributed by atoms with van der Waals surface area (Å²) in [5, 5.41) is 2.95. The van der Waals surface area contributed by atoms with Gasteiger partial charge in [-0.25, -0.2) is 0 Å². The number of halogens is 2. The average Bonchev–Trinajstić information content (AvgIpc) is 2.44. The van der Waals surface area contributed by atoms with Crippen LogP contribution in [-0.2, 0) is 16.1 Å². The smallest absolute Gasteiger partial charge is 0.241 e. The number of ether oxygens (including phenoxy) is 1. The zero-order valence-electron chi connectivity index (χ0n) is 13.2. The standard InChI is InChI=1S/C16H23BrN2O2.ClH/c1-4-21-13-9-16(18,15(13,2)3)14(20)19-10-11-6-5-7-12(17)8-11;/h5-8,13H,4,9-10,18H2,1-3H3,(H,19,20);1H. The summed E-state index contributed by atoms with van der Waals surface area (Å²) in [6, 6.07) is 7.86. The van der Waals surface area contributed by atoms with Gasteiger partial charge in [-0.15, -0.1) is 12.4 Å². The number of carbonyl (C=O) groups excluding carboxylic acids is 1. The van der Waals surface area contributed by atoms with E-state index in [1.54, 1.807) is 0 Å². The van der Waals surface area contributed by atoms with Gasteiger partial charge in [-0.1, -0.05) is 41.9 Å². The fourth-order valence-corrected chi connectivity index (χ4v) is 3.25. The first-order valence-corrected chi connectivity index (χ1v) is 8.04. The normalized spacial score (nSPS) is 25.8. The zero-order valence-corrected chi connectivity index (χ0v) is 15.6. The first-order chi connectivity index (χ1) is 9.81. The van der Waals surface area contributed by atoms with Crippen molar-refractivity contribution in [1.82, 2.24) is 5.32 Å². The van der Waals surface area contributed by atoms with Crippen LogP contribution in [0.1, 0.15) is 32.8 Å². The fraction of sp³-hybridized carbons (Fsp3) is 0.562. The van der Waals surface area contributed by atoms with Crippen molar-refractivity contribution in [3.63, 3.8) is 0 Å². The van der Waals surface area contributed by atoms with Crippen molar-refractivity contribution in [2.45, 2.75) is 45.4 Å². The quantitative estimate of drug-likeness (QED) is 0.811. The summed E-state index contributed by atoms with van der Waals surface area (Å²) in [5.74, 6) is -0.108. The Bertz CT molecular complexity index is 539. The van der Waals surface area contributed by atoms with Crippen molar-refractivity contribution in [3.05, 3.63) is 34.3 Å². The van der Waals surface area contributed by atoms with Crippen LogP contribution in [0.15, 0.2) is 28.7 Å². The van der Waals surface area contributed by atoms with E-state index in [9.17, 15) is 4.79 Å². The maximum absolute atomic E-state index is 12.5. The number of carbonyl (C=O) groups is 1. The van der Waals surface area contributed by atoms with E-state index in [0.29, 0.717) is 19.6 Å². The van der Waals surface area contributed by atoms with Crippen LogP contribution in [0.25, 0.3) is 0 Å². The molecule has 0 saturated heterocycles. The fourth-order valence-electron chi connectivity index (χ4n) is 2.81. The Balaban J connectivity index is 0.00000242. The van der Waals surface area contributed by atoms with Crippen LogP contribution in [0.3, 0.4) is 0 Å². The van der Waals surface area contributed by atoms with Gasteiger partial charge in [0, 0.05) is 29.5 Å². The van der Waals surface area contributed by atoms with Gasteiger partial charge in [0.1, 0.15) is 5.54 Å². The molecule has 1 aliphatic carbocycles. The van der Waals surface area contributed by atoms with Crippen molar-refractivity contribution in [2.75, 3.05) is 6.61 Å². The van der Waals surface area contributed by atoms with Gasteiger partial charge in [0.25, 0.3) is 0 Å². The third-order valence-electron chi connectivity index (χ3n) is 4.58. The highest BCUT2D eigenvalue weighted by Crippen LogP contribution is 2.49. The van der Waals surface area contributed by atoms with Gasteiger partial charge in [0.2, 0.25) is 5.91 Å². The molecule has 1 fully saturated rings. The Labute approximate surface area is 146 Å². The van der Waals surface area contributed by atoms with E-state index >= 15 is 0 Å². The number of nitrogens with two attached hydrogens (primary N) is 1. The second kappa shape index (κ2) is 7.30. The molecule has 3 N–H and O–H groups in total. The van der Waals surface area contributed by atoms with E-state index in [2.05, 4.69) is 21.2 Å². The predicted octanol–water partition coefficient (Wildman–Crippen LogP) is 3.02. The molecule has 0 radical (unpaired) electrons. The summed E-state index contributed by atoms with van der Waals surface area (Å²) in [6.45, 7) is 7.07. The Morgan fingerprint density at radius 3 is 2.73 bits per heavy atom. The molecule has 1 aromatic carbocycles. The van der Waals surface area contributed by atoms with Gasteiger partial charge in [0.05, 0.1) is 6.10 Å². The molecule has 0 heterocycles. The molecule has 2 unspecified atom stereocenters. The molecule has 0 aliphatic heterocycles. The lowest BCUT2D eigenvalue weighted by Gasteiger charge is -2.57. The molecular formula is C16H24BrClN2O2. The van der Waals surface area contributed by atoms with Crippen LogP contribution in [0.4, 0.5) is 0 Å². The molecule has 22 heavy (non-hydrogen) atoms. The minimum Gasteiger partial charge on any atom is -0.378 e. The Hall–Kier alpha value is -0.620. The monoisotopic (exact) mass is 390 g/mol. The summed E-state index contributed by atoms with van der Waals surface area (Å²) >= 11 is 3.42. The van der Waals surface area contributed by atoms with Gasteiger partial charge in [-0.2, -0.15) is 0 Å². The topological polar surface area (TPSA) is 64.3 Å². The molecule has 6 heteroatoms. The van der Waals surface area contributed by atoms with Crippen LogP contribution in [0.2, 0.25) is 0 Å². The highest BCUT2D eigenvalue weighted by atomic mass is 79.9. The maximum atomic E-state index is 12.5. The summed E-state index contributed by atoms with van der Waals surface area (Å²) < 4.78 is 6.65. The number of nitrogens with one attached hydrogen (secondary N) is 1. The minimum atomic E-state index is -0.862. The van der Waals surface area contributed by atoms with E-state index < -0.39 is 5.54 Å². The molecule has 0 aromatic heterocycles. The van der Waals surface area contributed by atoms with Gasteiger partial charge in [-0.3, -0.25) is 4.79 Å². The van der Waals surface area contributed by atoms with Crippen molar-refractivity contribution in [2.24, 2.45) is 11.1 Å². The number of hydrogen-bond acceptors (Lipinski definition) is 3. The Morgan fingerprint density at radius 1 is 1.50 bits per heavy atom. The third-order valence-corrected chi connectivity index (χ3v) is 5.07. The SMILES string of the molecule is CCOC1CC(N)(C(=O)NCc2cccc(Br)c2)C1(C)C.Cl. The van der Waals surface area contributed by atoms with E-state index in [0.717, 1.165) is 10.0 Å². The zero-order chi connectivity index (χ0) is 15.7. The summed E-state index contributed by atoms with van der Waals surface area (Å²) in [4.78, 5) is 12.5. The number of amides is 1. The number of hydrogen-bond donors (Lipinski definition) is 2. The lowest BCUT2D eigenvalue weighted by molar-refractivity contribution is -0.170. The molecule has 1 amide bonds. The van der Waals surface area contributed by atoms with Gasteiger partial charge in [0.15, 0.2) is 0 Å². The molecule has 2 rings (SSSR count). The first-order valence-electron chi connectivity index (χ1n) is 7.24. The molecular weight excluding hydrogens is 368 g/mol. The van der Waals surface area contributed by atoms with Gasteiger partial charge >= 0.3 is 0 Å². The number of rotatable bonds is 5. The predicted molar refractivity (Wildman–Crippen MR) is 94.0 cm³/mol. The molecule has 0 spiro atoms. The summed E-state index contributed by atoms with van der Waals surface area (Å²) in [5.41, 5.74) is 6.16. The minimum absolute atomic E-state index is 0. The van der Waals surface area contributed by atoms with Crippen LogP contribution in [0, 0.1) is 5.41 Å². The van der Waals surface area contributed by atoms with Gasteiger partial charge in [-0.05, 0) is 24.6 Å². The first kappa shape index (κ1) is 19.4. The Morgan fingerprint density at radius 2 is 2.18 bits per heavy atom. The highest BCUT2D eigenvalue weighted by molar-refractivity contribution is 9.10. The molecule has 0 bridgehead atoms. The Kier molecular flexibility index (Phi) is 6.45. The second-order valence-electron chi connectivity index (χ2n) is 6.15. The lowest BCUT2D eigenvalue weighted by atomic mass is 9.54. The summed E-state index contributed by atoms with van der Waals surface area (Å²) in [6.07, 6.45) is 0.613. The van der Waals surface area contributed by atoms with Crippen molar-refractivity contribution in [1.29, 1.82) is 0 Å². The largest absolute Gasteiger partial charge is 0.378 e. The molecule has 4 nitrogen and oxygen atoms in total. The van der Waals surface area contributed by atoms with Crippen LogP contribution in [0.5, 0.6) is 0 Å². The number of benzene rings is 1. The summed E-state index contributed by atoms with van der Waals surface area (Å²) in [7, 11) is 0. The van der Waals surface area contributed by atoms with E-state index in [1.807, 2.05) is 45.0 Å². The van der Waals surface area contributed by atoms with Crippen molar-refractivity contribution in [3.8, 4) is 0 Å². The van der Waals surface area contributed by atoms with Gasteiger partial charge < -0.3 is 15.8 Å². The second-order valence-corrected chi connectivity index (χ2v) is 7.07. The molecule has 1 aliphatic rings. The average molecular weight is 392 g/mol. The van der Waals surface area contributed by atoms with Crippen molar-refractivity contribution >= 4 is 34.2 Å². The molecule has 2 atom stereocenters. The molecule has 1 saturated carbocycles. The van der Waals surface area contributed by atoms with E-state index in [4.69, 9.17) is 10.5 Å². The molecule has 124 valence electrons. The van der Waals surface area contributed by atoms with Crippen molar-refractivity contribution < 1.29 is 9.53 Å². The lowest BCUT2D eigenvalue weighted by Crippen LogP contribution is -2.75. The van der Waals surface area contributed by atoms with E-state index in [1.165, 1.54) is 0 Å². The maximum Gasteiger partial charge on any atom is 0.241 e. The highest BCUT2D eigenvalue weighted by Gasteiger charge is 2.62. The molecule has 1 aromatic rings. The van der Waals surface area contributed by atoms with Crippen LogP contribution >= 0.6 is 28.3 Å². The third kappa shape index (κ3) is 3.48. The van der Waals surface area contributed by atoms with E-state index in [-0.39, 0.29) is 29.8 Å². The van der Waals surface area contributed by atoms with Crippen LogP contribution < -0.4 is 11.1 Å². The van der Waals surface area contributed by atoms with Crippen LogP contribution in [-0.4, -0.2) is 24.2 Å².